The molecule has 2 aromatic rings. The van der Waals surface area contributed by atoms with E-state index in [1.165, 1.54) is 0 Å². The maximum absolute atomic E-state index is 12.3. The Balaban J connectivity index is 1.95. The first-order valence-corrected chi connectivity index (χ1v) is 10.9. The number of benzene rings is 2. The normalized spacial score (nSPS) is 11.2. The summed E-state index contributed by atoms with van der Waals surface area (Å²) in [6.45, 7) is 8.17. The van der Waals surface area contributed by atoms with Crippen LogP contribution in [0.25, 0.3) is 0 Å². The Labute approximate surface area is 167 Å². The molecule has 152 valence electrons. The zero-order valence-corrected chi connectivity index (χ0v) is 17.9. The highest BCUT2D eigenvalue weighted by Crippen LogP contribution is 2.21. The third kappa shape index (κ3) is 5.73. The van der Waals surface area contributed by atoms with Crippen molar-refractivity contribution in [2.24, 2.45) is 0 Å². The Morgan fingerprint density at radius 2 is 1.75 bits per heavy atom. The topological polar surface area (TPSA) is 75.7 Å². The molecule has 0 saturated heterocycles. The fourth-order valence-electron chi connectivity index (χ4n) is 2.70. The van der Waals surface area contributed by atoms with Crippen LogP contribution in [0.3, 0.4) is 0 Å². The number of hydrogen-bond acceptors (Lipinski definition) is 4. The standard InChI is InChI=1S/C21H28N2O4S/c1-15-9-10-19(13-17(15)3)23(28(5,25)26)14-21(24)22-11-12-27-20-8-6-7-16(2)18(20)4/h6-10,13H,11-12,14H2,1-5H3,(H,22,24). The van der Waals surface area contributed by atoms with Crippen molar-refractivity contribution >= 4 is 21.6 Å². The number of nitrogens with one attached hydrogen (secondary N) is 1. The molecule has 0 heterocycles. The molecular weight excluding hydrogens is 376 g/mol. The van der Waals surface area contributed by atoms with E-state index in [9.17, 15) is 13.2 Å². The molecule has 0 bridgehead atoms. The number of amides is 1. The first-order valence-electron chi connectivity index (χ1n) is 9.10. The molecule has 1 amide bonds. The van der Waals surface area contributed by atoms with Crippen molar-refractivity contribution in [1.29, 1.82) is 0 Å². The van der Waals surface area contributed by atoms with Crippen LogP contribution in [0.4, 0.5) is 5.69 Å². The maximum Gasteiger partial charge on any atom is 0.240 e. The third-order valence-corrected chi connectivity index (χ3v) is 5.84. The smallest absolute Gasteiger partial charge is 0.240 e. The van der Waals surface area contributed by atoms with Crippen LogP contribution in [0.1, 0.15) is 22.3 Å². The summed E-state index contributed by atoms with van der Waals surface area (Å²) in [4.78, 5) is 12.3. The van der Waals surface area contributed by atoms with Gasteiger partial charge in [-0.25, -0.2) is 8.42 Å². The second-order valence-electron chi connectivity index (χ2n) is 6.93. The highest BCUT2D eigenvalue weighted by atomic mass is 32.2. The number of rotatable bonds is 8. The Hall–Kier alpha value is -2.54. The molecule has 2 aromatic carbocycles. The molecule has 0 aliphatic rings. The van der Waals surface area contributed by atoms with Crippen molar-refractivity contribution in [3.05, 3.63) is 58.7 Å². The van der Waals surface area contributed by atoms with Gasteiger partial charge in [-0.1, -0.05) is 18.2 Å². The Morgan fingerprint density at radius 3 is 2.39 bits per heavy atom. The quantitative estimate of drug-likeness (QED) is 0.687. The van der Waals surface area contributed by atoms with E-state index < -0.39 is 10.0 Å². The lowest BCUT2D eigenvalue weighted by molar-refractivity contribution is -0.119. The Bertz CT molecular complexity index is 955. The van der Waals surface area contributed by atoms with Gasteiger partial charge in [-0.05, 0) is 68.1 Å². The number of sulfonamides is 1. The lowest BCUT2D eigenvalue weighted by Crippen LogP contribution is -2.41. The Kier molecular flexibility index (Phi) is 7.07. The van der Waals surface area contributed by atoms with E-state index in [1.807, 2.05) is 52.0 Å². The highest BCUT2D eigenvalue weighted by Gasteiger charge is 2.21. The van der Waals surface area contributed by atoms with Crippen LogP contribution in [0.2, 0.25) is 0 Å². The molecule has 0 radical (unpaired) electrons. The summed E-state index contributed by atoms with van der Waals surface area (Å²) in [5.41, 5.74) is 4.71. The number of carbonyl (C=O) groups excluding carboxylic acids is 1. The molecule has 7 heteroatoms. The summed E-state index contributed by atoms with van der Waals surface area (Å²) in [6.07, 6.45) is 1.10. The highest BCUT2D eigenvalue weighted by molar-refractivity contribution is 7.92. The van der Waals surface area contributed by atoms with E-state index in [2.05, 4.69) is 5.32 Å². The van der Waals surface area contributed by atoms with Gasteiger partial charge in [0.05, 0.1) is 18.5 Å². The molecule has 28 heavy (non-hydrogen) atoms. The van der Waals surface area contributed by atoms with E-state index in [1.54, 1.807) is 12.1 Å². The van der Waals surface area contributed by atoms with Crippen LogP contribution in [0.5, 0.6) is 5.75 Å². The third-order valence-electron chi connectivity index (χ3n) is 4.70. The SMILES string of the molecule is Cc1ccc(N(CC(=O)NCCOc2cccc(C)c2C)S(C)(=O)=O)cc1C. The van der Waals surface area contributed by atoms with E-state index >= 15 is 0 Å². The first kappa shape index (κ1) is 21.8. The van der Waals surface area contributed by atoms with Crippen LogP contribution < -0.4 is 14.4 Å². The zero-order chi connectivity index (χ0) is 20.9. The van der Waals surface area contributed by atoms with Crippen molar-refractivity contribution in [3.63, 3.8) is 0 Å². The summed E-state index contributed by atoms with van der Waals surface area (Å²) < 4.78 is 31.2. The summed E-state index contributed by atoms with van der Waals surface area (Å²) in [5, 5.41) is 2.72. The largest absolute Gasteiger partial charge is 0.491 e. The van der Waals surface area contributed by atoms with Gasteiger partial charge in [-0.2, -0.15) is 0 Å². The molecule has 0 atom stereocenters. The van der Waals surface area contributed by atoms with E-state index in [0.717, 1.165) is 38.6 Å². The second-order valence-corrected chi connectivity index (χ2v) is 8.84. The van der Waals surface area contributed by atoms with Crippen LogP contribution in [0.15, 0.2) is 36.4 Å². The van der Waals surface area contributed by atoms with Gasteiger partial charge in [0.2, 0.25) is 15.9 Å². The lowest BCUT2D eigenvalue weighted by atomic mass is 10.1. The van der Waals surface area contributed by atoms with Crippen LogP contribution in [0, 0.1) is 27.7 Å². The van der Waals surface area contributed by atoms with E-state index in [0.29, 0.717) is 12.3 Å². The molecule has 0 unspecified atom stereocenters. The number of hydrogen-bond donors (Lipinski definition) is 1. The first-order chi connectivity index (χ1) is 13.1. The number of anilines is 1. The minimum atomic E-state index is -3.59. The number of ether oxygens (including phenoxy) is 1. The van der Waals surface area contributed by atoms with Gasteiger partial charge < -0.3 is 10.1 Å². The minimum Gasteiger partial charge on any atom is -0.491 e. The van der Waals surface area contributed by atoms with Crippen LogP contribution in [-0.4, -0.2) is 40.3 Å². The molecule has 6 nitrogen and oxygen atoms in total. The summed E-state index contributed by atoms with van der Waals surface area (Å²) in [7, 11) is -3.59. The van der Waals surface area contributed by atoms with Crippen molar-refractivity contribution in [2.45, 2.75) is 27.7 Å². The van der Waals surface area contributed by atoms with Gasteiger partial charge in [0.1, 0.15) is 18.9 Å². The van der Waals surface area contributed by atoms with Gasteiger partial charge in [0, 0.05) is 0 Å². The summed E-state index contributed by atoms with van der Waals surface area (Å²) in [6, 6.07) is 11.1. The van der Waals surface area contributed by atoms with Gasteiger partial charge in [0.15, 0.2) is 0 Å². The minimum absolute atomic E-state index is 0.273. The molecule has 0 saturated carbocycles. The lowest BCUT2D eigenvalue weighted by Gasteiger charge is -2.22. The average Bonchev–Trinajstić information content (AvgIpc) is 2.61. The molecular formula is C21H28N2O4S. The fourth-order valence-corrected chi connectivity index (χ4v) is 3.55. The molecule has 0 spiro atoms. The molecule has 0 aliphatic heterocycles. The van der Waals surface area contributed by atoms with Crippen molar-refractivity contribution in [3.8, 4) is 5.75 Å². The van der Waals surface area contributed by atoms with Crippen LogP contribution in [-0.2, 0) is 14.8 Å². The molecule has 1 N–H and O–H groups in total. The molecule has 0 aromatic heterocycles. The predicted molar refractivity (Wildman–Crippen MR) is 113 cm³/mol. The average molecular weight is 405 g/mol. The summed E-state index contributed by atoms with van der Waals surface area (Å²) >= 11 is 0. The van der Waals surface area contributed by atoms with Crippen molar-refractivity contribution < 1.29 is 17.9 Å². The van der Waals surface area contributed by atoms with E-state index in [-0.39, 0.29) is 19.0 Å². The molecule has 0 fully saturated rings. The number of nitrogens with zero attached hydrogens (tertiary/aromatic N) is 1. The Morgan fingerprint density at radius 1 is 1.04 bits per heavy atom. The van der Waals surface area contributed by atoms with Crippen molar-refractivity contribution in [1.82, 2.24) is 5.32 Å². The second kappa shape index (κ2) is 9.10. The van der Waals surface area contributed by atoms with E-state index in [4.69, 9.17) is 4.74 Å². The predicted octanol–water partition coefficient (Wildman–Crippen LogP) is 2.88. The fraction of sp³-hybridized carbons (Fsp3) is 0.381. The van der Waals surface area contributed by atoms with Gasteiger partial charge >= 0.3 is 0 Å². The molecule has 0 aliphatic carbocycles. The van der Waals surface area contributed by atoms with Gasteiger partial charge in [-0.3, -0.25) is 9.10 Å². The van der Waals surface area contributed by atoms with Crippen molar-refractivity contribution in [2.75, 3.05) is 30.3 Å². The number of aryl methyl sites for hydroxylation is 3. The maximum atomic E-state index is 12.3. The number of carbonyl (C=O) groups is 1. The van der Waals surface area contributed by atoms with Gasteiger partial charge in [0.25, 0.3) is 0 Å². The molecule has 2 rings (SSSR count). The zero-order valence-electron chi connectivity index (χ0n) is 17.1. The monoisotopic (exact) mass is 404 g/mol. The van der Waals surface area contributed by atoms with Crippen LogP contribution >= 0.6 is 0 Å². The summed E-state index contributed by atoms with van der Waals surface area (Å²) in [5.74, 6) is 0.398. The van der Waals surface area contributed by atoms with Gasteiger partial charge in [-0.15, -0.1) is 0 Å².